The van der Waals surface area contributed by atoms with Crippen molar-refractivity contribution < 1.29 is 14.3 Å². The number of anilines is 1. The minimum absolute atomic E-state index is 0.0637. The molecule has 0 heterocycles. The van der Waals surface area contributed by atoms with Gasteiger partial charge in [-0.1, -0.05) is 19.1 Å². The van der Waals surface area contributed by atoms with Gasteiger partial charge in [-0.15, -0.1) is 0 Å². The van der Waals surface area contributed by atoms with Crippen LogP contribution in [0.15, 0.2) is 24.3 Å². The molecule has 0 aliphatic carbocycles. The lowest BCUT2D eigenvalue weighted by Gasteiger charge is -2.09. The summed E-state index contributed by atoms with van der Waals surface area (Å²) in [5.41, 5.74) is 0.815. The molecule has 0 saturated carbocycles. The first-order valence-electron chi connectivity index (χ1n) is 5.74. The van der Waals surface area contributed by atoms with E-state index >= 15 is 0 Å². The van der Waals surface area contributed by atoms with E-state index in [1.165, 1.54) is 18.9 Å². The Bertz CT molecular complexity index is 453. The fourth-order valence-electron chi connectivity index (χ4n) is 1.35. The fourth-order valence-corrected chi connectivity index (χ4v) is 2.73. The van der Waals surface area contributed by atoms with E-state index in [9.17, 15) is 9.59 Å². The number of esters is 1. The highest BCUT2D eigenvalue weighted by atomic mass is 127. The van der Waals surface area contributed by atoms with Crippen LogP contribution in [0, 0.1) is 9.49 Å². The van der Waals surface area contributed by atoms with Crippen molar-refractivity contribution >= 4 is 51.9 Å². The van der Waals surface area contributed by atoms with E-state index in [-0.39, 0.29) is 17.8 Å². The van der Waals surface area contributed by atoms with E-state index in [2.05, 4.69) is 32.6 Å². The standard InChI is InChI=1S/C13H16INO3S/c1-9(13(17)18-2)7-19-8-12(16)15-11-6-4-3-5-10(11)14/h3-6,9H,7-8H2,1-2H3,(H,15,16). The zero-order valence-corrected chi connectivity index (χ0v) is 13.8. The molecule has 4 nitrogen and oxygen atoms in total. The number of benzene rings is 1. The molecule has 0 fully saturated rings. The van der Waals surface area contributed by atoms with Crippen LogP contribution in [-0.4, -0.2) is 30.5 Å². The van der Waals surface area contributed by atoms with Gasteiger partial charge < -0.3 is 10.1 Å². The summed E-state index contributed by atoms with van der Waals surface area (Å²) in [7, 11) is 1.37. The Hall–Kier alpha value is -0.760. The Balaban J connectivity index is 2.33. The van der Waals surface area contributed by atoms with Gasteiger partial charge in [-0.25, -0.2) is 0 Å². The van der Waals surface area contributed by atoms with Gasteiger partial charge >= 0.3 is 5.97 Å². The molecule has 19 heavy (non-hydrogen) atoms. The molecule has 0 bridgehead atoms. The lowest BCUT2D eigenvalue weighted by molar-refractivity contribution is -0.144. The first-order valence-corrected chi connectivity index (χ1v) is 7.98. The van der Waals surface area contributed by atoms with Gasteiger partial charge in [0.05, 0.1) is 24.5 Å². The van der Waals surface area contributed by atoms with Gasteiger partial charge in [0.15, 0.2) is 0 Å². The van der Waals surface area contributed by atoms with Crippen molar-refractivity contribution in [3.8, 4) is 0 Å². The van der Waals surface area contributed by atoms with E-state index in [0.717, 1.165) is 9.26 Å². The van der Waals surface area contributed by atoms with Crippen molar-refractivity contribution in [2.24, 2.45) is 5.92 Å². The average Bonchev–Trinajstić information content (AvgIpc) is 2.40. The van der Waals surface area contributed by atoms with Crippen molar-refractivity contribution in [1.29, 1.82) is 0 Å². The molecule has 1 rings (SSSR count). The molecule has 0 aromatic heterocycles. The third kappa shape index (κ3) is 5.82. The number of para-hydroxylation sites is 1. The van der Waals surface area contributed by atoms with Gasteiger partial charge in [-0.3, -0.25) is 9.59 Å². The highest BCUT2D eigenvalue weighted by Gasteiger charge is 2.14. The number of nitrogens with one attached hydrogen (secondary N) is 1. The molecule has 1 atom stereocenters. The third-order valence-corrected chi connectivity index (χ3v) is 4.50. The molecule has 1 N–H and O–H groups in total. The number of hydrogen-bond donors (Lipinski definition) is 1. The van der Waals surface area contributed by atoms with Crippen LogP contribution in [0.5, 0.6) is 0 Å². The molecular weight excluding hydrogens is 377 g/mol. The largest absolute Gasteiger partial charge is 0.469 e. The maximum atomic E-state index is 11.7. The number of hydrogen-bond acceptors (Lipinski definition) is 4. The molecule has 0 spiro atoms. The van der Waals surface area contributed by atoms with Gasteiger partial charge in [0, 0.05) is 9.32 Å². The van der Waals surface area contributed by atoms with E-state index in [1.54, 1.807) is 6.92 Å². The van der Waals surface area contributed by atoms with E-state index in [4.69, 9.17) is 0 Å². The van der Waals surface area contributed by atoms with Crippen LogP contribution in [0.25, 0.3) is 0 Å². The normalized spacial score (nSPS) is 11.7. The molecule has 0 radical (unpaired) electrons. The maximum absolute atomic E-state index is 11.7. The highest BCUT2D eigenvalue weighted by Crippen LogP contribution is 2.17. The minimum atomic E-state index is -0.245. The lowest BCUT2D eigenvalue weighted by Crippen LogP contribution is -2.18. The van der Waals surface area contributed by atoms with Crippen LogP contribution in [0.3, 0.4) is 0 Å². The molecule has 6 heteroatoms. The Labute approximate surface area is 130 Å². The summed E-state index contributed by atoms with van der Waals surface area (Å²) in [5.74, 6) is 0.398. The monoisotopic (exact) mass is 393 g/mol. The number of methoxy groups -OCH3 is 1. The predicted octanol–water partition coefficient (Wildman–Crippen LogP) is 2.77. The topological polar surface area (TPSA) is 55.4 Å². The summed E-state index contributed by atoms with van der Waals surface area (Å²) in [6.45, 7) is 1.79. The molecule has 1 aromatic carbocycles. The molecule has 0 aliphatic heterocycles. The van der Waals surface area contributed by atoms with Crippen LogP contribution in [0.2, 0.25) is 0 Å². The van der Waals surface area contributed by atoms with Crippen molar-refractivity contribution in [3.05, 3.63) is 27.8 Å². The molecule has 1 aromatic rings. The number of rotatable bonds is 6. The summed E-state index contributed by atoms with van der Waals surface area (Å²) in [6.07, 6.45) is 0. The molecule has 1 unspecified atom stereocenters. The number of halogens is 1. The number of carbonyl (C=O) groups is 2. The summed E-state index contributed by atoms with van der Waals surface area (Å²) in [5, 5.41) is 2.84. The molecule has 0 aliphatic rings. The Kier molecular flexibility index (Phi) is 7.22. The van der Waals surface area contributed by atoms with Crippen LogP contribution in [0.4, 0.5) is 5.69 Å². The smallest absolute Gasteiger partial charge is 0.309 e. The lowest BCUT2D eigenvalue weighted by atomic mass is 10.2. The Morgan fingerprint density at radius 3 is 2.74 bits per heavy atom. The van der Waals surface area contributed by atoms with Crippen LogP contribution in [0.1, 0.15) is 6.92 Å². The maximum Gasteiger partial charge on any atom is 0.309 e. The van der Waals surface area contributed by atoms with Gasteiger partial charge in [0.1, 0.15) is 0 Å². The minimum Gasteiger partial charge on any atom is -0.469 e. The predicted molar refractivity (Wildman–Crippen MR) is 86.3 cm³/mol. The quantitative estimate of drug-likeness (QED) is 0.597. The second-order valence-corrected chi connectivity index (χ2v) is 6.16. The van der Waals surface area contributed by atoms with Crippen molar-refractivity contribution in [3.63, 3.8) is 0 Å². The van der Waals surface area contributed by atoms with Crippen molar-refractivity contribution in [2.45, 2.75) is 6.92 Å². The van der Waals surface area contributed by atoms with Gasteiger partial charge in [0.25, 0.3) is 0 Å². The SMILES string of the molecule is COC(=O)C(C)CSCC(=O)Nc1ccccc1I. The Morgan fingerprint density at radius 1 is 1.42 bits per heavy atom. The zero-order valence-electron chi connectivity index (χ0n) is 10.8. The van der Waals surface area contributed by atoms with Gasteiger partial charge in [-0.05, 0) is 34.7 Å². The van der Waals surface area contributed by atoms with E-state index in [1.807, 2.05) is 24.3 Å². The number of ether oxygens (including phenoxy) is 1. The van der Waals surface area contributed by atoms with Crippen molar-refractivity contribution in [1.82, 2.24) is 0 Å². The van der Waals surface area contributed by atoms with Crippen molar-refractivity contribution in [2.75, 3.05) is 23.9 Å². The zero-order chi connectivity index (χ0) is 14.3. The summed E-state index contributed by atoms with van der Waals surface area (Å²) < 4.78 is 5.63. The van der Waals surface area contributed by atoms with E-state index in [0.29, 0.717) is 11.5 Å². The molecular formula is C13H16INO3S. The second kappa shape index (κ2) is 8.42. The highest BCUT2D eigenvalue weighted by molar-refractivity contribution is 14.1. The number of carbonyl (C=O) groups excluding carboxylic acids is 2. The molecule has 1 amide bonds. The van der Waals surface area contributed by atoms with Crippen LogP contribution in [-0.2, 0) is 14.3 Å². The van der Waals surface area contributed by atoms with Gasteiger partial charge in [-0.2, -0.15) is 11.8 Å². The van der Waals surface area contributed by atoms with Crippen LogP contribution < -0.4 is 5.32 Å². The second-order valence-electron chi connectivity index (χ2n) is 3.97. The summed E-state index contributed by atoms with van der Waals surface area (Å²) >= 11 is 3.60. The first kappa shape index (κ1) is 16.3. The molecule has 104 valence electrons. The Morgan fingerprint density at radius 2 is 2.11 bits per heavy atom. The fraction of sp³-hybridized carbons (Fsp3) is 0.385. The summed E-state index contributed by atoms with van der Waals surface area (Å²) in [4.78, 5) is 22.9. The number of amides is 1. The van der Waals surface area contributed by atoms with E-state index < -0.39 is 0 Å². The van der Waals surface area contributed by atoms with Crippen LogP contribution >= 0.6 is 34.4 Å². The summed E-state index contributed by atoms with van der Waals surface area (Å²) in [6, 6.07) is 7.60. The average molecular weight is 393 g/mol. The van der Waals surface area contributed by atoms with Gasteiger partial charge in [0.2, 0.25) is 5.91 Å². The number of thioether (sulfide) groups is 1. The first-order chi connectivity index (χ1) is 9.04. The third-order valence-electron chi connectivity index (χ3n) is 2.35. The molecule has 0 saturated heterocycles.